The van der Waals surface area contributed by atoms with Crippen LogP contribution in [0.5, 0.6) is 0 Å². The predicted molar refractivity (Wildman–Crippen MR) is 85.8 cm³/mol. The molecular weight excluding hydrogens is 326 g/mol. The van der Waals surface area contributed by atoms with E-state index in [1.807, 2.05) is 6.07 Å². The molecule has 1 atom stereocenters. The lowest BCUT2D eigenvalue weighted by Gasteiger charge is -2.18. The lowest BCUT2D eigenvalue weighted by molar-refractivity contribution is -0.384. The molecule has 1 aliphatic heterocycles. The predicted octanol–water partition coefficient (Wildman–Crippen LogP) is 2.69. The van der Waals surface area contributed by atoms with Crippen LogP contribution in [0.2, 0.25) is 0 Å². The molecule has 1 aromatic carbocycles. The number of nitro groups is 1. The molecule has 0 spiro atoms. The Morgan fingerprint density at radius 1 is 1.36 bits per heavy atom. The maximum atomic E-state index is 11.5. The third-order valence-corrected chi connectivity index (χ3v) is 3.79. The van der Waals surface area contributed by atoms with E-state index in [2.05, 4.69) is 10.1 Å². The largest absolute Gasteiger partial charge is 0.464 e. The number of nitrogens with zero attached hydrogens (tertiary/aromatic N) is 5. The maximum absolute atomic E-state index is 11.5. The van der Waals surface area contributed by atoms with E-state index in [4.69, 9.17) is 5.26 Å². The van der Waals surface area contributed by atoms with Crippen LogP contribution in [0, 0.1) is 21.4 Å². The third kappa shape index (κ3) is 3.13. The van der Waals surface area contributed by atoms with Crippen molar-refractivity contribution in [2.75, 3.05) is 0 Å². The van der Waals surface area contributed by atoms with Crippen molar-refractivity contribution in [3.8, 4) is 6.07 Å². The molecule has 9 heteroatoms. The molecule has 1 amide bonds. The molecule has 2 aromatic rings. The summed E-state index contributed by atoms with van der Waals surface area (Å²) in [4.78, 5) is 25.7. The van der Waals surface area contributed by atoms with E-state index in [0.29, 0.717) is 22.4 Å². The van der Waals surface area contributed by atoms with Crippen LogP contribution in [0.3, 0.4) is 0 Å². The highest BCUT2D eigenvalue weighted by Gasteiger charge is 2.33. The number of aromatic nitrogens is 1. The smallest absolute Gasteiger partial charge is 0.428 e. The maximum Gasteiger partial charge on any atom is 0.428 e. The van der Waals surface area contributed by atoms with Gasteiger partial charge in [0.2, 0.25) is 0 Å². The minimum atomic E-state index is -1.23. The lowest BCUT2D eigenvalue weighted by atomic mass is 9.99. The van der Waals surface area contributed by atoms with Gasteiger partial charge in [-0.25, -0.2) is 4.79 Å². The van der Waals surface area contributed by atoms with Crippen molar-refractivity contribution >= 4 is 17.5 Å². The summed E-state index contributed by atoms with van der Waals surface area (Å²) in [6, 6.07) is 8.67. The molecule has 0 bridgehead atoms. The van der Waals surface area contributed by atoms with Gasteiger partial charge >= 0.3 is 6.09 Å². The highest BCUT2D eigenvalue weighted by atomic mass is 16.6. The number of nitriles is 1. The molecule has 1 aliphatic rings. The van der Waals surface area contributed by atoms with Crippen LogP contribution < -0.4 is 0 Å². The summed E-state index contributed by atoms with van der Waals surface area (Å²) in [6.45, 7) is 0. The number of hydrogen-bond acceptors (Lipinski definition) is 6. The summed E-state index contributed by atoms with van der Waals surface area (Å²) < 4.78 is 0. The standard InChI is InChI=1S/C16H11N5O4/c17-7-10-5-12(9-18-8-10)15-6-14(19-20(15)16(22)23)11-1-3-13(4-2-11)21(24)25/h1-5,8-9,15H,6H2,(H,22,23). The minimum Gasteiger partial charge on any atom is -0.464 e. The van der Waals surface area contributed by atoms with Gasteiger partial charge in [-0.1, -0.05) is 0 Å². The van der Waals surface area contributed by atoms with E-state index >= 15 is 0 Å². The van der Waals surface area contributed by atoms with Gasteiger partial charge in [-0.05, 0) is 29.3 Å². The molecule has 0 fully saturated rings. The van der Waals surface area contributed by atoms with E-state index in [0.717, 1.165) is 5.01 Å². The van der Waals surface area contributed by atoms with Crippen molar-refractivity contribution in [3.63, 3.8) is 0 Å². The summed E-state index contributed by atoms with van der Waals surface area (Å²) >= 11 is 0. The van der Waals surface area contributed by atoms with E-state index in [9.17, 15) is 20.0 Å². The topological polar surface area (TPSA) is 133 Å². The first-order valence-electron chi connectivity index (χ1n) is 7.19. The zero-order chi connectivity index (χ0) is 18.0. The van der Waals surface area contributed by atoms with Gasteiger partial charge in [0.1, 0.15) is 6.07 Å². The van der Waals surface area contributed by atoms with Crippen LogP contribution in [0.4, 0.5) is 10.5 Å². The number of carboxylic acid groups (broad SMARTS) is 1. The zero-order valence-corrected chi connectivity index (χ0v) is 12.7. The Hall–Kier alpha value is -3.80. The quantitative estimate of drug-likeness (QED) is 0.676. The molecule has 1 N–H and O–H groups in total. The van der Waals surface area contributed by atoms with Crippen molar-refractivity contribution in [1.29, 1.82) is 5.26 Å². The SMILES string of the molecule is N#Cc1cncc(C2CC(c3ccc([N+](=O)[O-])cc3)=NN2C(=O)O)c1. The van der Waals surface area contributed by atoms with Gasteiger partial charge in [0.05, 0.1) is 22.2 Å². The summed E-state index contributed by atoms with van der Waals surface area (Å²) in [5, 5.41) is 34.1. The van der Waals surface area contributed by atoms with Gasteiger partial charge in [0.15, 0.2) is 0 Å². The summed E-state index contributed by atoms with van der Waals surface area (Å²) in [5.74, 6) is 0. The van der Waals surface area contributed by atoms with Crippen LogP contribution in [-0.2, 0) is 0 Å². The number of benzene rings is 1. The van der Waals surface area contributed by atoms with E-state index in [1.54, 1.807) is 6.07 Å². The Bertz CT molecular complexity index is 917. The second kappa shape index (κ2) is 6.37. The zero-order valence-electron chi connectivity index (χ0n) is 12.7. The van der Waals surface area contributed by atoms with Crippen LogP contribution in [0.25, 0.3) is 0 Å². The Kier molecular flexibility index (Phi) is 4.09. The van der Waals surface area contributed by atoms with Gasteiger partial charge in [0, 0.05) is 30.9 Å². The van der Waals surface area contributed by atoms with Crippen LogP contribution in [0.15, 0.2) is 47.8 Å². The molecule has 25 heavy (non-hydrogen) atoms. The molecule has 0 saturated heterocycles. The number of pyridine rings is 1. The lowest BCUT2D eigenvalue weighted by Crippen LogP contribution is -2.25. The Morgan fingerprint density at radius 2 is 2.08 bits per heavy atom. The van der Waals surface area contributed by atoms with E-state index in [-0.39, 0.29) is 12.1 Å². The molecule has 2 heterocycles. The fourth-order valence-corrected chi connectivity index (χ4v) is 2.60. The molecule has 124 valence electrons. The van der Waals surface area contributed by atoms with Gasteiger partial charge < -0.3 is 5.11 Å². The van der Waals surface area contributed by atoms with Crippen molar-refractivity contribution in [2.24, 2.45) is 5.10 Å². The summed E-state index contributed by atoms with van der Waals surface area (Å²) in [6.07, 6.45) is 1.93. The number of hydrazone groups is 1. The van der Waals surface area contributed by atoms with Crippen molar-refractivity contribution < 1.29 is 14.8 Å². The van der Waals surface area contributed by atoms with Crippen molar-refractivity contribution in [2.45, 2.75) is 12.5 Å². The first-order chi connectivity index (χ1) is 12.0. The molecule has 0 aliphatic carbocycles. The first kappa shape index (κ1) is 16.1. The first-order valence-corrected chi connectivity index (χ1v) is 7.19. The van der Waals surface area contributed by atoms with Gasteiger partial charge in [-0.3, -0.25) is 15.1 Å². The van der Waals surface area contributed by atoms with Gasteiger partial charge in [-0.2, -0.15) is 15.4 Å². The summed E-state index contributed by atoms with van der Waals surface area (Å²) in [5.41, 5.74) is 1.92. The Morgan fingerprint density at radius 3 is 2.68 bits per heavy atom. The number of amides is 1. The normalized spacial score (nSPS) is 16.2. The molecule has 3 rings (SSSR count). The molecular formula is C16H11N5O4. The third-order valence-electron chi connectivity index (χ3n) is 3.79. The average molecular weight is 337 g/mol. The minimum absolute atomic E-state index is 0.0556. The second-order valence-corrected chi connectivity index (χ2v) is 5.32. The van der Waals surface area contributed by atoms with Crippen LogP contribution in [0.1, 0.15) is 29.2 Å². The average Bonchev–Trinajstić information content (AvgIpc) is 3.07. The number of non-ortho nitro benzene ring substituents is 1. The van der Waals surface area contributed by atoms with E-state index in [1.165, 1.54) is 36.7 Å². The van der Waals surface area contributed by atoms with E-state index < -0.39 is 17.1 Å². The number of nitro benzene ring substituents is 1. The molecule has 0 saturated carbocycles. The Balaban J connectivity index is 1.93. The molecule has 9 nitrogen and oxygen atoms in total. The highest BCUT2D eigenvalue weighted by Crippen LogP contribution is 2.33. The summed E-state index contributed by atoms with van der Waals surface area (Å²) in [7, 11) is 0. The van der Waals surface area contributed by atoms with Gasteiger partial charge in [0.25, 0.3) is 5.69 Å². The van der Waals surface area contributed by atoms with Gasteiger partial charge in [-0.15, -0.1) is 0 Å². The molecule has 1 unspecified atom stereocenters. The van der Waals surface area contributed by atoms with Crippen molar-refractivity contribution in [3.05, 3.63) is 69.5 Å². The van der Waals surface area contributed by atoms with Crippen LogP contribution >= 0.6 is 0 Å². The highest BCUT2D eigenvalue weighted by molar-refractivity contribution is 6.02. The number of hydrogen-bond donors (Lipinski definition) is 1. The fraction of sp³-hybridized carbons (Fsp3) is 0.125. The molecule has 0 radical (unpaired) electrons. The van der Waals surface area contributed by atoms with Crippen LogP contribution in [-0.4, -0.2) is 31.8 Å². The van der Waals surface area contributed by atoms with Crippen molar-refractivity contribution in [1.82, 2.24) is 9.99 Å². The molecule has 1 aromatic heterocycles. The fourth-order valence-electron chi connectivity index (χ4n) is 2.60. The Labute approximate surface area is 141 Å². The number of carbonyl (C=O) groups is 1. The second-order valence-electron chi connectivity index (χ2n) is 5.32. The number of rotatable bonds is 3. The monoisotopic (exact) mass is 337 g/mol.